The molecule has 0 radical (unpaired) electrons. The minimum atomic E-state index is -0.839. The van der Waals surface area contributed by atoms with Gasteiger partial charge in [-0.05, 0) is 32.9 Å². The van der Waals surface area contributed by atoms with E-state index in [1.807, 2.05) is 6.92 Å². The summed E-state index contributed by atoms with van der Waals surface area (Å²) in [5, 5.41) is 0. The van der Waals surface area contributed by atoms with Crippen molar-refractivity contribution >= 4 is 0 Å². The van der Waals surface area contributed by atoms with Crippen LogP contribution in [-0.2, 0) is 4.74 Å². The lowest BCUT2D eigenvalue weighted by Gasteiger charge is -2.32. The fourth-order valence-electron chi connectivity index (χ4n) is 1.62. The Bertz CT molecular complexity index is 346. The Labute approximate surface area is 94.4 Å². The maximum Gasteiger partial charge on any atom is 0.131 e. The first-order valence-corrected chi connectivity index (χ1v) is 5.23. The topological polar surface area (TPSA) is 35.2 Å². The zero-order valence-corrected chi connectivity index (χ0v) is 9.76. The first-order valence-electron chi connectivity index (χ1n) is 5.23. The second-order valence-electron chi connectivity index (χ2n) is 4.15. The molecule has 16 heavy (non-hydrogen) atoms. The van der Waals surface area contributed by atoms with Crippen molar-refractivity contribution in [1.29, 1.82) is 0 Å². The van der Waals surface area contributed by atoms with Crippen LogP contribution in [0.15, 0.2) is 18.2 Å². The molecule has 1 aromatic rings. The van der Waals surface area contributed by atoms with E-state index < -0.39 is 23.3 Å². The number of rotatable bonds is 4. The van der Waals surface area contributed by atoms with Crippen molar-refractivity contribution in [3.8, 4) is 0 Å². The van der Waals surface area contributed by atoms with Gasteiger partial charge in [-0.3, -0.25) is 0 Å². The van der Waals surface area contributed by atoms with Gasteiger partial charge in [0.1, 0.15) is 11.6 Å². The lowest BCUT2D eigenvalue weighted by atomic mass is 9.91. The molecule has 0 heterocycles. The fourth-order valence-corrected chi connectivity index (χ4v) is 1.62. The van der Waals surface area contributed by atoms with Crippen molar-refractivity contribution < 1.29 is 13.5 Å². The Kier molecular flexibility index (Phi) is 3.99. The molecular formula is C12H17F2NO. The third kappa shape index (κ3) is 2.57. The Morgan fingerprint density at radius 2 is 1.81 bits per heavy atom. The van der Waals surface area contributed by atoms with E-state index in [0.29, 0.717) is 6.61 Å². The molecule has 1 atom stereocenters. The highest BCUT2D eigenvalue weighted by atomic mass is 19.1. The zero-order valence-electron chi connectivity index (χ0n) is 9.76. The Morgan fingerprint density at radius 3 is 2.25 bits per heavy atom. The van der Waals surface area contributed by atoms with Gasteiger partial charge in [-0.25, -0.2) is 8.78 Å². The molecule has 2 nitrogen and oxygen atoms in total. The van der Waals surface area contributed by atoms with Crippen LogP contribution in [0.25, 0.3) is 0 Å². The van der Waals surface area contributed by atoms with Gasteiger partial charge in [0.05, 0.1) is 11.6 Å². The van der Waals surface area contributed by atoms with Gasteiger partial charge in [0, 0.05) is 12.2 Å². The molecule has 0 aliphatic heterocycles. The summed E-state index contributed by atoms with van der Waals surface area (Å²) in [5.74, 6) is -1.28. The van der Waals surface area contributed by atoms with Gasteiger partial charge in [0.2, 0.25) is 0 Å². The van der Waals surface area contributed by atoms with E-state index in [1.165, 1.54) is 18.2 Å². The summed E-state index contributed by atoms with van der Waals surface area (Å²) in [6.45, 7) is 5.68. The van der Waals surface area contributed by atoms with Crippen LogP contribution >= 0.6 is 0 Å². The molecule has 1 rings (SSSR count). The monoisotopic (exact) mass is 229 g/mol. The van der Waals surface area contributed by atoms with Crippen molar-refractivity contribution in [2.75, 3.05) is 6.61 Å². The van der Waals surface area contributed by atoms with Crippen LogP contribution in [0.5, 0.6) is 0 Å². The van der Waals surface area contributed by atoms with Gasteiger partial charge >= 0.3 is 0 Å². The average Bonchev–Trinajstić information content (AvgIpc) is 2.17. The third-order valence-electron chi connectivity index (χ3n) is 2.58. The Balaban J connectivity index is 3.09. The van der Waals surface area contributed by atoms with Gasteiger partial charge in [-0.2, -0.15) is 0 Å². The van der Waals surface area contributed by atoms with Crippen LogP contribution in [0, 0.1) is 11.6 Å². The minimum absolute atomic E-state index is 0.124. The lowest BCUT2D eigenvalue weighted by Crippen LogP contribution is -2.39. The van der Waals surface area contributed by atoms with E-state index in [2.05, 4.69) is 0 Å². The van der Waals surface area contributed by atoms with Crippen LogP contribution in [0.3, 0.4) is 0 Å². The molecule has 2 N–H and O–H groups in total. The molecule has 90 valence electrons. The third-order valence-corrected chi connectivity index (χ3v) is 2.58. The first-order chi connectivity index (χ1) is 7.40. The van der Waals surface area contributed by atoms with Gasteiger partial charge in [0.15, 0.2) is 0 Å². The van der Waals surface area contributed by atoms with Crippen molar-refractivity contribution in [1.82, 2.24) is 0 Å². The fraction of sp³-hybridized carbons (Fsp3) is 0.500. The molecule has 1 unspecified atom stereocenters. The predicted octanol–water partition coefficient (Wildman–Crippen LogP) is 2.78. The lowest BCUT2D eigenvalue weighted by molar-refractivity contribution is -0.0312. The number of halogens is 2. The van der Waals surface area contributed by atoms with Crippen molar-refractivity contribution in [3.05, 3.63) is 35.4 Å². The summed E-state index contributed by atoms with van der Waals surface area (Å²) < 4.78 is 32.4. The normalized spacial score (nSPS) is 13.9. The summed E-state index contributed by atoms with van der Waals surface area (Å²) in [4.78, 5) is 0. The van der Waals surface area contributed by atoms with Crippen LogP contribution < -0.4 is 5.73 Å². The summed E-state index contributed by atoms with van der Waals surface area (Å²) in [7, 11) is 0. The SMILES string of the molecule is CCOC(C)(C)C(N)c1c(F)cccc1F. The van der Waals surface area contributed by atoms with Gasteiger partial charge in [0.25, 0.3) is 0 Å². The molecule has 4 heteroatoms. The highest BCUT2D eigenvalue weighted by Gasteiger charge is 2.32. The Morgan fingerprint density at radius 1 is 1.31 bits per heavy atom. The van der Waals surface area contributed by atoms with Crippen molar-refractivity contribution in [2.24, 2.45) is 5.73 Å². The van der Waals surface area contributed by atoms with Gasteiger partial charge < -0.3 is 10.5 Å². The maximum absolute atomic E-state index is 13.5. The predicted molar refractivity (Wildman–Crippen MR) is 59.0 cm³/mol. The molecule has 0 saturated carbocycles. The van der Waals surface area contributed by atoms with Crippen molar-refractivity contribution in [2.45, 2.75) is 32.4 Å². The smallest absolute Gasteiger partial charge is 0.131 e. The van der Waals surface area contributed by atoms with E-state index in [9.17, 15) is 8.78 Å². The Hall–Kier alpha value is -1.00. The number of benzene rings is 1. The summed E-state index contributed by atoms with van der Waals surface area (Å²) in [6, 6.07) is 2.86. The minimum Gasteiger partial charge on any atom is -0.374 e. The summed E-state index contributed by atoms with van der Waals surface area (Å²) in [6.07, 6.45) is 0. The quantitative estimate of drug-likeness (QED) is 0.861. The van der Waals surface area contributed by atoms with Crippen molar-refractivity contribution in [3.63, 3.8) is 0 Å². The molecule has 0 fully saturated rings. The van der Waals surface area contributed by atoms with E-state index in [0.717, 1.165) is 0 Å². The zero-order chi connectivity index (χ0) is 12.3. The second-order valence-corrected chi connectivity index (χ2v) is 4.15. The number of hydrogen-bond acceptors (Lipinski definition) is 2. The maximum atomic E-state index is 13.5. The second kappa shape index (κ2) is 4.89. The molecule has 0 saturated heterocycles. The van der Waals surface area contributed by atoms with Gasteiger partial charge in [-0.1, -0.05) is 6.07 Å². The average molecular weight is 229 g/mol. The molecule has 0 bridgehead atoms. The molecular weight excluding hydrogens is 212 g/mol. The first kappa shape index (κ1) is 13.1. The summed E-state index contributed by atoms with van der Waals surface area (Å²) in [5.41, 5.74) is 4.92. The van der Waals surface area contributed by atoms with Crippen LogP contribution in [0.2, 0.25) is 0 Å². The highest BCUT2D eigenvalue weighted by molar-refractivity contribution is 5.25. The van der Waals surface area contributed by atoms with Crippen LogP contribution in [0.4, 0.5) is 8.78 Å². The number of nitrogens with two attached hydrogens (primary N) is 1. The van der Waals surface area contributed by atoms with Crippen LogP contribution in [0.1, 0.15) is 32.4 Å². The molecule has 0 aliphatic carbocycles. The molecule has 0 aromatic heterocycles. The molecule has 1 aromatic carbocycles. The van der Waals surface area contributed by atoms with E-state index >= 15 is 0 Å². The molecule has 0 amide bonds. The highest BCUT2D eigenvalue weighted by Crippen LogP contribution is 2.30. The largest absolute Gasteiger partial charge is 0.374 e. The van der Waals surface area contributed by atoms with Gasteiger partial charge in [-0.15, -0.1) is 0 Å². The molecule has 0 spiro atoms. The van der Waals surface area contributed by atoms with E-state index in [4.69, 9.17) is 10.5 Å². The molecule has 0 aliphatic rings. The number of ether oxygens (including phenoxy) is 1. The van der Waals surface area contributed by atoms with E-state index in [1.54, 1.807) is 13.8 Å². The van der Waals surface area contributed by atoms with Crippen LogP contribution in [-0.4, -0.2) is 12.2 Å². The standard InChI is InChI=1S/C12H17F2NO/c1-4-16-12(2,3)11(15)10-8(13)6-5-7-9(10)14/h5-7,11H,4,15H2,1-3H3. The summed E-state index contributed by atoms with van der Waals surface area (Å²) >= 11 is 0. The number of hydrogen-bond donors (Lipinski definition) is 1. The van der Waals surface area contributed by atoms with E-state index in [-0.39, 0.29) is 5.56 Å².